The molecule has 0 saturated carbocycles. The number of alkyl halides is 1. The third-order valence-corrected chi connectivity index (χ3v) is 2.19. The Hall–Kier alpha value is -0.380. The molecule has 0 aliphatic rings. The second kappa shape index (κ2) is 4.44. The normalized spacial score (nSPS) is 15.5. The van der Waals surface area contributed by atoms with E-state index in [1.807, 2.05) is 0 Å². The van der Waals surface area contributed by atoms with Gasteiger partial charge in [0.2, 0.25) is 0 Å². The number of esters is 1. The van der Waals surface area contributed by atoms with E-state index in [1.54, 1.807) is 6.92 Å². The van der Waals surface area contributed by atoms with Gasteiger partial charge in [-0.05, 0) is 0 Å². The summed E-state index contributed by atoms with van der Waals surface area (Å²) in [6.45, 7) is 1.62. The highest BCUT2D eigenvalue weighted by atomic mass is 79.9. The lowest BCUT2D eigenvalue weighted by molar-refractivity contribution is -0.145. The lowest BCUT2D eigenvalue weighted by Gasteiger charge is -2.08. The molecule has 0 aromatic heterocycles. The van der Waals surface area contributed by atoms with Crippen LogP contribution < -0.4 is 0 Å². The molecule has 0 aliphatic carbocycles. The maximum atomic E-state index is 10.7. The van der Waals surface area contributed by atoms with Crippen LogP contribution in [-0.4, -0.2) is 24.2 Å². The zero-order valence-corrected chi connectivity index (χ0v) is 7.42. The molecule has 0 heterocycles. The van der Waals surface area contributed by atoms with Gasteiger partial charge in [0.15, 0.2) is 0 Å². The van der Waals surface area contributed by atoms with Gasteiger partial charge in [-0.25, -0.2) is 0 Å². The molecule has 2 unspecified atom stereocenters. The molecule has 2 atom stereocenters. The molecule has 58 valence electrons. The van der Waals surface area contributed by atoms with Gasteiger partial charge in [-0.3, -0.25) is 4.79 Å². The van der Waals surface area contributed by atoms with E-state index in [2.05, 4.69) is 20.7 Å². The summed E-state index contributed by atoms with van der Waals surface area (Å²) in [5.41, 5.74) is 0. The van der Waals surface area contributed by atoms with Gasteiger partial charge in [0.25, 0.3) is 0 Å². The predicted molar refractivity (Wildman–Crippen MR) is 40.0 cm³/mol. The van der Waals surface area contributed by atoms with Crippen LogP contribution in [0.1, 0.15) is 6.92 Å². The number of aldehydes is 1. The molecule has 0 aromatic carbocycles. The fraction of sp³-hybridized carbons (Fsp3) is 0.667. The summed E-state index contributed by atoms with van der Waals surface area (Å²) >= 11 is 3.01. The molecular weight excluding hydrogens is 200 g/mol. The van der Waals surface area contributed by atoms with E-state index in [1.165, 1.54) is 7.11 Å². The van der Waals surface area contributed by atoms with Crippen molar-refractivity contribution < 1.29 is 14.3 Å². The van der Waals surface area contributed by atoms with Gasteiger partial charge in [-0.1, -0.05) is 22.9 Å². The summed E-state index contributed by atoms with van der Waals surface area (Å²) in [5.74, 6) is -0.795. The maximum Gasteiger partial charge on any atom is 0.309 e. The molecule has 3 nitrogen and oxygen atoms in total. The van der Waals surface area contributed by atoms with Crippen LogP contribution in [0.4, 0.5) is 0 Å². The number of methoxy groups -OCH3 is 1. The Morgan fingerprint density at radius 1 is 1.70 bits per heavy atom. The van der Waals surface area contributed by atoms with Crippen LogP contribution in [0.15, 0.2) is 0 Å². The molecule has 0 aliphatic heterocycles. The average Bonchev–Trinajstić information content (AvgIpc) is 2.00. The van der Waals surface area contributed by atoms with Gasteiger partial charge in [-0.2, -0.15) is 0 Å². The van der Waals surface area contributed by atoms with Crippen molar-refractivity contribution in [3.63, 3.8) is 0 Å². The van der Waals surface area contributed by atoms with Gasteiger partial charge in [-0.15, -0.1) is 0 Å². The fourth-order valence-electron chi connectivity index (χ4n) is 0.434. The number of hydrogen-bond acceptors (Lipinski definition) is 3. The highest BCUT2D eigenvalue weighted by molar-refractivity contribution is 9.10. The monoisotopic (exact) mass is 208 g/mol. The summed E-state index contributed by atoms with van der Waals surface area (Å²) in [6.07, 6.45) is 0.668. The van der Waals surface area contributed by atoms with Crippen LogP contribution in [0.25, 0.3) is 0 Å². The van der Waals surface area contributed by atoms with Crippen molar-refractivity contribution in [2.75, 3.05) is 7.11 Å². The second-order valence-electron chi connectivity index (χ2n) is 1.89. The third kappa shape index (κ3) is 2.47. The Morgan fingerprint density at radius 2 is 2.20 bits per heavy atom. The van der Waals surface area contributed by atoms with Crippen molar-refractivity contribution in [3.05, 3.63) is 0 Å². The summed E-state index contributed by atoms with van der Waals surface area (Å²) in [6, 6.07) is 0. The topological polar surface area (TPSA) is 43.4 Å². The Morgan fingerprint density at radius 3 is 2.50 bits per heavy atom. The molecule has 0 saturated heterocycles. The zero-order chi connectivity index (χ0) is 8.15. The third-order valence-electron chi connectivity index (χ3n) is 1.18. The Labute approximate surface area is 67.9 Å². The van der Waals surface area contributed by atoms with Crippen molar-refractivity contribution in [1.82, 2.24) is 0 Å². The first kappa shape index (κ1) is 9.62. The first-order valence-corrected chi connectivity index (χ1v) is 3.72. The largest absolute Gasteiger partial charge is 0.469 e. The van der Waals surface area contributed by atoms with Crippen LogP contribution in [-0.2, 0) is 14.3 Å². The SMILES string of the molecule is COC(=O)C(C)C(Br)C=O. The number of ether oxygens (including phenoxy) is 1. The fourth-order valence-corrected chi connectivity index (χ4v) is 0.650. The highest BCUT2D eigenvalue weighted by Crippen LogP contribution is 2.10. The molecule has 0 radical (unpaired) electrons. The van der Waals surface area contributed by atoms with Crippen molar-refractivity contribution in [3.8, 4) is 0 Å². The molecule has 0 rings (SSSR count). The number of hydrogen-bond donors (Lipinski definition) is 0. The van der Waals surface area contributed by atoms with Crippen LogP contribution in [0.3, 0.4) is 0 Å². The molecular formula is C6H9BrO3. The minimum atomic E-state index is -0.444. The first-order chi connectivity index (χ1) is 4.63. The molecule has 0 amide bonds. The number of carbonyl (C=O) groups is 2. The predicted octanol–water partition coefficient (Wildman–Crippen LogP) is 0.758. The number of carbonyl (C=O) groups excluding carboxylic acids is 2. The van der Waals surface area contributed by atoms with Crippen molar-refractivity contribution in [1.29, 1.82) is 0 Å². The van der Waals surface area contributed by atoms with Crippen molar-refractivity contribution >= 4 is 28.2 Å². The molecule has 10 heavy (non-hydrogen) atoms. The second-order valence-corrected chi connectivity index (χ2v) is 2.95. The number of rotatable bonds is 3. The van der Waals surface area contributed by atoms with Gasteiger partial charge >= 0.3 is 5.97 Å². The molecule has 0 bridgehead atoms. The average molecular weight is 209 g/mol. The standard InChI is InChI=1S/C6H9BrO3/c1-4(5(7)3-8)6(9)10-2/h3-5H,1-2H3. The first-order valence-electron chi connectivity index (χ1n) is 2.80. The molecule has 4 heteroatoms. The van der Waals surface area contributed by atoms with Crippen molar-refractivity contribution in [2.24, 2.45) is 5.92 Å². The summed E-state index contributed by atoms with van der Waals surface area (Å²) in [5, 5.41) is 0. The van der Waals surface area contributed by atoms with E-state index < -0.39 is 10.7 Å². The quantitative estimate of drug-likeness (QED) is 0.391. The van der Waals surface area contributed by atoms with E-state index in [4.69, 9.17) is 0 Å². The van der Waals surface area contributed by atoms with Crippen LogP contribution in [0.2, 0.25) is 0 Å². The molecule has 0 spiro atoms. The zero-order valence-electron chi connectivity index (χ0n) is 5.83. The van der Waals surface area contributed by atoms with E-state index in [9.17, 15) is 9.59 Å². The maximum absolute atomic E-state index is 10.7. The minimum Gasteiger partial charge on any atom is -0.469 e. The number of halogens is 1. The van der Waals surface area contributed by atoms with Gasteiger partial charge in [0.05, 0.1) is 17.9 Å². The van der Waals surface area contributed by atoms with E-state index in [-0.39, 0.29) is 5.97 Å². The smallest absolute Gasteiger partial charge is 0.309 e. The van der Waals surface area contributed by atoms with Gasteiger partial charge < -0.3 is 9.53 Å². The molecule has 0 aromatic rings. The Bertz CT molecular complexity index is 135. The minimum absolute atomic E-state index is 0.381. The Kier molecular flexibility index (Phi) is 4.27. The van der Waals surface area contributed by atoms with E-state index in [0.717, 1.165) is 0 Å². The van der Waals surface area contributed by atoms with Crippen molar-refractivity contribution in [2.45, 2.75) is 11.8 Å². The lowest BCUT2D eigenvalue weighted by atomic mass is 10.1. The van der Waals surface area contributed by atoms with E-state index >= 15 is 0 Å². The lowest BCUT2D eigenvalue weighted by Crippen LogP contribution is -2.23. The van der Waals surface area contributed by atoms with E-state index in [0.29, 0.717) is 6.29 Å². The molecule has 0 fully saturated rings. The highest BCUT2D eigenvalue weighted by Gasteiger charge is 2.21. The summed E-state index contributed by atoms with van der Waals surface area (Å²) in [7, 11) is 1.29. The van der Waals surface area contributed by atoms with Crippen LogP contribution in [0.5, 0.6) is 0 Å². The van der Waals surface area contributed by atoms with Crippen LogP contribution in [0, 0.1) is 5.92 Å². The van der Waals surface area contributed by atoms with Gasteiger partial charge in [0, 0.05) is 0 Å². The summed E-state index contributed by atoms with van der Waals surface area (Å²) in [4.78, 5) is 20.4. The summed E-state index contributed by atoms with van der Waals surface area (Å²) < 4.78 is 4.41. The van der Waals surface area contributed by atoms with Gasteiger partial charge in [0.1, 0.15) is 6.29 Å². The van der Waals surface area contributed by atoms with Crippen LogP contribution >= 0.6 is 15.9 Å². The molecule has 0 N–H and O–H groups in total. The Balaban J connectivity index is 3.93.